The lowest BCUT2D eigenvalue weighted by atomic mass is 10.1. The Morgan fingerprint density at radius 3 is 2.68 bits per heavy atom. The van der Waals surface area contributed by atoms with Crippen LogP contribution in [0.15, 0.2) is 24.3 Å². The van der Waals surface area contributed by atoms with Gasteiger partial charge in [-0.15, -0.1) is 0 Å². The Labute approximate surface area is 116 Å². The highest BCUT2D eigenvalue weighted by atomic mass is 16.5. The van der Waals surface area contributed by atoms with Crippen molar-refractivity contribution < 1.29 is 9.53 Å². The number of rotatable bonds is 9. The summed E-state index contributed by atoms with van der Waals surface area (Å²) in [6, 6.07) is 7.49. The minimum atomic E-state index is -0.255. The Morgan fingerprint density at radius 2 is 1.95 bits per heavy atom. The quantitative estimate of drug-likeness (QED) is 0.535. The number of ether oxygens (including phenoxy) is 1. The van der Waals surface area contributed by atoms with Crippen molar-refractivity contribution >= 4 is 11.7 Å². The van der Waals surface area contributed by atoms with Crippen LogP contribution in [0, 0.1) is 0 Å². The molecule has 1 N–H and O–H groups in total. The number of carbonyl (C=O) groups excluding carboxylic acids is 1. The lowest BCUT2D eigenvalue weighted by molar-refractivity contribution is 0.0526. The fourth-order valence-electron chi connectivity index (χ4n) is 1.93. The summed E-state index contributed by atoms with van der Waals surface area (Å²) in [7, 11) is 0. The summed E-state index contributed by atoms with van der Waals surface area (Å²) in [5.74, 6) is -0.255. The summed E-state index contributed by atoms with van der Waals surface area (Å²) in [5, 5.41) is 3.35. The van der Waals surface area contributed by atoms with E-state index in [1.54, 1.807) is 6.07 Å². The molecular weight excluding hydrogens is 238 g/mol. The van der Waals surface area contributed by atoms with Gasteiger partial charge in [-0.2, -0.15) is 0 Å². The number of benzene rings is 1. The maximum Gasteiger partial charge on any atom is 0.338 e. The normalized spacial score (nSPS) is 10.2. The number of anilines is 1. The van der Waals surface area contributed by atoms with Gasteiger partial charge in [0.15, 0.2) is 0 Å². The van der Waals surface area contributed by atoms with Crippen LogP contribution >= 0.6 is 0 Å². The Kier molecular flexibility index (Phi) is 7.71. The van der Waals surface area contributed by atoms with Crippen molar-refractivity contribution in [3.05, 3.63) is 29.8 Å². The molecule has 0 unspecified atom stereocenters. The third-order valence-corrected chi connectivity index (χ3v) is 2.98. The Balaban J connectivity index is 2.34. The highest BCUT2D eigenvalue weighted by molar-refractivity contribution is 5.90. The summed E-state index contributed by atoms with van der Waals surface area (Å²) in [6.45, 7) is 5.40. The molecule has 0 aliphatic rings. The van der Waals surface area contributed by atoms with E-state index in [2.05, 4.69) is 12.2 Å². The molecule has 0 saturated heterocycles. The average Bonchev–Trinajstić information content (AvgIpc) is 2.43. The van der Waals surface area contributed by atoms with Crippen molar-refractivity contribution in [1.29, 1.82) is 0 Å². The second kappa shape index (κ2) is 9.42. The van der Waals surface area contributed by atoms with E-state index >= 15 is 0 Å². The standard InChI is InChI=1S/C16H25NO2/c1-3-5-6-7-8-12-17-15-11-9-10-14(13-15)16(18)19-4-2/h9-11,13,17H,3-8,12H2,1-2H3. The van der Waals surface area contributed by atoms with Gasteiger partial charge in [-0.05, 0) is 31.5 Å². The Hall–Kier alpha value is -1.51. The average molecular weight is 263 g/mol. The fourth-order valence-corrected chi connectivity index (χ4v) is 1.93. The second-order valence-electron chi connectivity index (χ2n) is 4.64. The van der Waals surface area contributed by atoms with E-state index in [4.69, 9.17) is 4.74 Å². The molecule has 0 radical (unpaired) electrons. The summed E-state index contributed by atoms with van der Waals surface area (Å²) in [4.78, 5) is 11.6. The van der Waals surface area contributed by atoms with Gasteiger partial charge in [0.05, 0.1) is 12.2 Å². The molecule has 1 aromatic rings. The molecule has 0 amide bonds. The first-order valence-corrected chi connectivity index (χ1v) is 7.29. The minimum absolute atomic E-state index is 0.255. The lowest BCUT2D eigenvalue weighted by Gasteiger charge is -2.08. The van der Waals surface area contributed by atoms with E-state index in [-0.39, 0.29) is 5.97 Å². The molecule has 0 aliphatic carbocycles. The molecule has 0 aliphatic heterocycles. The van der Waals surface area contributed by atoms with Crippen LogP contribution in [-0.4, -0.2) is 19.1 Å². The predicted octanol–water partition coefficient (Wildman–Crippen LogP) is 4.25. The topological polar surface area (TPSA) is 38.3 Å². The maximum atomic E-state index is 11.6. The first-order valence-electron chi connectivity index (χ1n) is 7.29. The molecular formula is C16H25NO2. The van der Waals surface area contributed by atoms with E-state index in [0.29, 0.717) is 12.2 Å². The first-order chi connectivity index (χ1) is 9.27. The summed E-state index contributed by atoms with van der Waals surface area (Å²) < 4.78 is 4.99. The molecule has 0 bridgehead atoms. The van der Waals surface area contributed by atoms with Gasteiger partial charge in [-0.1, -0.05) is 38.7 Å². The van der Waals surface area contributed by atoms with Crippen molar-refractivity contribution in [2.75, 3.05) is 18.5 Å². The molecule has 0 heterocycles. The number of unbranched alkanes of at least 4 members (excludes halogenated alkanes) is 4. The van der Waals surface area contributed by atoms with Crippen molar-refractivity contribution in [2.45, 2.75) is 46.0 Å². The smallest absolute Gasteiger partial charge is 0.338 e. The molecule has 3 nitrogen and oxygen atoms in total. The molecule has 0 spiro atoms. The van der Waals surface area contributed by atoms with Crippen LogP contribution in [0.5, 0.6) is 0 Å². The van der Waals surface area contributed by atoms with Crippen molar-refractivity contribution in [3.63, 3.8) is 0 Å². The zero-order chi connectivity index (χ0) is 13.9. The van der Waals surface area contributed by atoms with Gasteiger partial charge in [-0.25, -0.2) is 4.79 Å². The van der Waals surface area contributed by atoms with E-state index in [9.17, 15) is 4.79 Å². The van der Waals surface area contributed by atoms with Crippen LogP contribution in [0.4, 0.5) is 5.69 Å². The fraction of sp³-hybridized carbons (Fsp3) is 0.562. The molecule has 106 valence electrons. The molecule has 1 rings (SSSR count). The van der Waals surface area contributed by atoms with Crippen molar-refractivity contribution in [1.82, 2.24) is 0 Å². The Morgan fingerprint density at radius 1 is 1.16 bits per heavy atom. The molecule has 3 heteroatoms. The monoisotopic (exact) mass is 263 g/mol. The lowest BCUT2D eigenvalue weighted by Crippen LogP contribution is -2.06. The number of esters is 1. The van der Waals surface area contributed by atoms with E-state index in [1.165, 1.54) is 32.1 Å². The van der Waals surface area contributed by atoms with Crippen LogP contribution in [0.3, 0.4) is 0 Å². The number of carbonyl (C=O) groups is 1. The van der Waals surface area contributed by atoms with E-state index in [1.807, 2.05) is 25.1 Å². The van der Waals surface area contributed by atoms with Gasteiger partial charge in [0.25, 0.3) is 0 Å². The van der Waals surface area contributed by atoms with Gasteiger partial charge >= 0.3 is 5.97 Å². The van der Waals surface area contributed by atoms with E-state index < -0.39 is 0 Å². The zero-order valence-electron chi connectivity index (χ0n) is 12.1. The van der Waals surface area contributed by atoms with Crippen molar-refractivity contribution in [2.24, 2.45) is 0 Å². The van der Waals surface area contributed by atoms with Gasteiger partial charge < -0.3 is 10.1 Å². The Bertz CT molecular complexity index is 377. The number of hydrogen-bond donors (Lipinski definition) is 1. The third-order valence-electron chi connectivity index (χ3n) is 2.98. The molecule has 0 aromatic heterocycles. The molecule has 0 saturated carbocycles. The SMILES string of the molecule is CCCCCCCNc1cccc(C(=O)OCC)c1. The van der Waals surface area contributed by atoms with Crippen LogP contribution in [-0.2, 0) is 4.74 Å². The maximum absolute atomic E-state index is 11.6. The molecule has 0 atom stereocenters. The molecule has 0 fully saturated rings. The number of hydrogen-bond acceptors (Lipinski definition) is 3. The highest BCUT2D eigenvalue weighted by Gasteiger charge is 2.06. The summed E-state index contributed by atoms with van der Waals surface area (Å²) in [5.41, 5.74) is 1.60. The van der Waals surface area contributed by atoms with Crippen LogP contribution in [0.25, 0.3) is 0 Å². The van der Waals surface area contributed by atoms with Gasteiger partial charge in [0.2, 0.25) is 0 Å². The second-order valence-corrected chi connectivity index (χ2v) is 4.64. The predicted molar refractivity (Wildman–Crippen MR) is 79.6 cm³/mol. The highest BCUT2D eigenvalue weighted by Crippen LogP contribution is 2.12. The molecule has 19 heavy (non-hydrogen) atoms. The first kappa shape index (κ1) is 15.5. The van der Waals surface area contributed by atoms with Gasteiger partial charge in [-0.3, -0.25) is 0 Å². The van der Waals surface area contributed by atoms with Gasteiger partial charge in [0.1, 0.15) is 0 Å². The largest absolute Gasteiger partial charge is 0.462 e. The third kappa shape index (κ3) is 6.27. The summed E-state index contributed by atoms with van der Waals surface area (Å²) in [6.07, 6.45) is 6.33. The van der Waals surface area contributed by atoms with Gasteiger partial charge in [0, 0.05) is 12.2 Å². The summed E-state index contributed by atoms with van der Waals surface area (Å²) >= 11 is 0. The minimum Gasteiger partial charge on any atom is -0.462 e. The van der Waals surface area contributed by atoms with Crippen LogP contribution in [0.1, 0.15) is 56.3 Å². The number of nitrogens with one attached hydrogen (secondary N) is 1. The van der Waals surface area contributed by atoms with Crippen LogP contribution < -0.4 is 5.32 Å². The van der Waals surface area contributed by atoms with E-state index in [0.717, 1.165) is 12.2 Å². The zero-order valence-corrected chi connectivity index (χ0v) is 12.1. The van der Waals surface area contributed by atoms with Crippen LogP contribution in [0.2, 0.25) is 0 Å². The van der Waals surface area contributed by atoms with Crippen molar-refractivity contribution in [3.8, 4) is 0 Å². The molecule has 1 aromatic carbocycles.